The number of hydrogen-bond donors (Lipinski definition) is 1. The molecular weight excluding hydrogens is 346 g/mol. The summed E-state index contributed by atoms with van der Waals surface area (Å²) in [5.41, 5.74) is 9.69. The van der Waals surface area contributed by atoms with E-state index in [0.29, 0.717) is 11.8 Å². The summed E-state index contributed by atoms with van der Waals surface area (Å²) in [5.74, 6) is 1.23. The maximum Gasteiger partial charge on any atom is 0.234 e. The first-order chi connectivity index (χ1) is 13.5. The molecule has 1 aromatic rings. The number of aryl methyl sites for hydroxylation is 1. The van der Waals surface area contributed by atoms with Crippen LogP contribution in [0.1, 0.15) is 30.0 Å². The van der Waals surface area contributed by atoms with Gasteiger partial charge in [0.1, 0.15) is 12.7 Å². The number of likely N-dealkylation sites (N-methyl/N-ethyl adjacent to an activating group) is 2. The minimum Gasteiger partial charge on any atom is -0.362 e. The first-order valence-corrected chi connectivity index (χ1v) is 10.3. The topological polar surface area (TPSA) is 45.3 Å². The fourth-order valence-corrected chi connectivity index (χ4v) is 5.07. The summed E-state index contributed by atoms with van der Waals surface area (Å²) < 4.78 is 2.41. The highest BCUT2D eigenvalue weighted by atomic mass is 15.3. The SMILES string of the molecule is CC1=[N+](C)C2=C(c3cc(C#N)c(C)cc3NC=C2N2CCN(C)CC2)C2CC12. The molecule has 0 bridgehead atoms. The lowest BCUT2D eigenvalue weighted by Crippen LogP contribution is -2.45. The van der Waals surface area contributed by atoms with Crippen molar-refractivity contribution in [2.45, 2.75) is 20.3 Å². The van der Waals surface area contributed by atoms with E-state index in [9.17, 15) is 5.26 Å². The second-order valence-corrected chi connectivity index (χ2v) is 8.70. The van der Waals surface area contributed by atoms with Crippen LogP contribution in [0.25, 0.3) is 5.57 Å². The predicted molar refractivity (Wildman–Crippen MR) is 112 cm³/mol. The lowest BCUT2D eigenvalue weighted by Gasteiger charge is -2.35. The van der Waals surface area contributed by atoms with Gasteiger partial charge in [0.25, 0.3) is 0 Å². The van der Waals surface area contributed by atoms with E-state index in [4.69, 9.17) is 0 Å². The maximum absolute atomic E-state index is 9.61. The number of hydrogen-bond acceptors (Lipinski definition) is 4. The largest absolute Gasteiger partial charge is 0.362 e. The normalized spacial score (nSPS) is 26.5. The van der Waals surface area contributed by atoms with Crippen molar-refractivity contribution in [2.24, 2.45) is 11.8 Å². The van der Waals surface area contributed by atoms with Crippen molar-refractivity contribution >= 4 is 17.0 Å². The second-order valence-electron chi connectivity index (χ2n) is 8.70. The number of piperazine rings is 1. The van der Waals surface area contributed by atoms with Gasteiger partial charge in [0.15, 0.2) is 5.71 Å². The van der Waals surface area contributed by atoms with Crippen LogP contribution in [0.15, 0.2) is 29.7 Å². The van der Waals surface area contributed by atoms with E-state index in [1.54, 1.807) is 0 Å². The van der Waals surface area contributed by atoms with Gasteiger partial charge in [-0.15, -0.1) is 0 Å². The Morgan fingerprint density at radius 1 is 1.14 bits per heavy atom. The van der Waals surface area contributed by atoms with E-state index < -0.39 is 0 Å². The number of benzene rings is 1. The summed E-state index contributed by atoms with van der Waals surface area (Å²) in [6.45, 7) is 8.56. The molecule has 2 unspecified atom stereocenters. The van der Waals surface area contributed by atoms with Gasteiger partial charge in [0.05, 0.1) is 11.6 Å². The van der Waals surface area contributed by atoms with Crippen LogP contribution in [0.4, 0.5) is 5.69 Å². The van der Waals surface area contributed by atoms with Crippen LogP contribution in [0.2, 0.25) is 0 Å². The molecule has 5 heteroatoms. The molecule has 3 aliphatic heterocycles. The third-order valence-corrected chi connectivity index (χ3v) is 7.04. The highest BCUT2D eigenvalue weighted by Gasteiger charge is 2.53. The summed E-state index contributed by atoms with van der Waals surface area (Å²) in [5, 5.41) is 13.2. The van der Waals surface area contributed by atoms with Gasteiger partial charge in [0.2, 0.25) is 5.70 Å². The van der Waals surface area contributed by atoms with E-state index in [1.165, 1.54) is 34.7 Å². The zero-order valence-corrected chi connectivity index (χ0v) is 17.2. The number of allylic oxidation sites excluding steroid dienone is 1. The second kappa shape index (κ2) is 6.22. The fraction of sp³-hybridized carbons (Fsp3) is 0.478. The highest BCUT2D eigenvalue weighted by molar-refractivity contribution is 5.94. The summed E-state index contributed by atoms with van der Waals surface area (Å²) in [6.07, 6.45) is 3.42. The van der Waals surface area contributed by atoms with Crippen LogP contribution in [-0.4, -0.2) is 60.4 Å². The van der Waals surface area contributed by atoms with Crippen LogP contribution >= 0.6 is 0 Å². The molecule has 28 heavy (non-hydrogen) atoms. The minimum atomic E-state index is 0.579. The number of anilines is 1. The van der Waals surface area contributed by atoms with Crippen molar-refractivity contribution < 1.29 is 4.58 Å². The van der Waals surface area contributed by atoms with Crippen LogP contribution in [-0.2, 0) is 0 Å². The Balaban J connectivity index is 1.71. The van der Waals surface area contributed by atoms with Gasteiger partial charge in [-0.2, -0.15) is 5.26 Å². The molecule has 1 N–H and O–H groups in total. The monoisotopic (exact) mass is 374 g/mol. The number of rotatable bonds is 1. The summed E-state index contributed by atoms with van der Waals surface area (Å²) in [6, 6.07) is 6.64. The van der Waals surface area contributed by atoms with Crippen molar-refractivity contribution in [3.63, 3.8) is 0 Å². The Kier molecular flexibility index (Phi) is 3.89. The Hall–Kier alpha value is -2.58. The molecule has 144 valence electrons. The molecule has 0 spiro atoms. The van der Waals surface area contributed by atoms with E-state index in [-0.39, 0.29) is 0 Å². The summed E-state index contributed by atoms with van der Waals surface area (Å²) >= 11 is 0. The van der Waals surface area contributed by atoms with Gasteiger partial charge in [-0.3, -0.25) is 0 Å². The summed E-state index contributed by atoms with van der Waals surface area (Å²) in [4.78, 5) is 4.92. The van der Waals surface area contributed by atoms with Crippen LogP contribution < -0.4 is 5.32 Å². The number of nitrogens with one attached hydrogen (secondary N) is 1. The Labute approximate surface area is 167 Å². The average Bonchev–Trinajstić information content (AvgIpc) is 3.49. The molecule has 0 aromatic heterocycles. The molecule has 1 saturated carbocycles. The van der Waals surface area contributed by atoms with Crippen molar-refractivity contribution in [3.8, 4) is 6.07 Å². The Morgan fingerprint density at radius 2 is 1.89 bits per heavy atom. The molecule has 3 heterocycles. The number of nitrogens with zero attached hydrogens (tertiary/aromatic N) is 4. The molecule has 4 aliphatic rings. The van der Waals surface area contributed by atoms with Gasteiger partial charge < -0.3 is 15.1 Å². The molecule has 5 rings (SSSR count). The number of fused-ring (bicyclic) bond motifs is 4. The van der Waals surface area contributed by atoms with Gasteiger partial charge in [-0.25, -0.2) is 4.58 Å². The van der Waals surface area contributed by atoms with Crippen LogP contribution in [0.3, 0.4) is 0 Å². The van der Waals surface area contributed by atoms with Crippen molar-refractivity contribution in [1.29, 1.82) is 5.26 Å². The lowest BCUT2D eigenvalue weighted by molar-refractivity contribution is -0.444. The zero-order chi connectivity index (χ0) is 19.6. The van der Waals surface area contributed by atoms with Crippen molar-refractivity contribution in [2.75, 3.05) is 45.6 Å². The maximum atomic E-state index is 9.61. The predicted octanol–water partition coefficient (Wildman–Crippen LogP) is 2.85. The molecule has 0 radical (unpaired) electrons. The first kappa shape index (κ1) is 17.5. The van der Waals surface area contributed by atoms with Gasteiger partial charge >= 0.3 is 0 Å². The highest BCUT2D eigenvalue weighted by Crippen LogP contribution is 2.55. The molecule has 1 aliphatic carbocycles. The smallest absolute Gasteiger partial charge is 0.234 e. The Morgan fingerprint density at radius 3 is 2.61 bits per heavy atom. The Bertz CT molecular complexity index is 999. The molecule has 5 nitrogen and oxygen atoms in total. The quantitative estimate of drug-likeness (QED) is 0.768. The average molecular weight is 375 g/mol. The lowest BCUT2D eigenvalue weighted by atomic mass is 9.90. The molecule has 1 aromatic carbocycles. The van der Waals surface area contributed by atoms with Gasteiger partial charge in [-0.1, -0.05) is 0 Å². The van der Waals surface area contributed by atoms with Crippen molar-refractivity contribution in [1.82, 2.24) is 9.80 Å². The van der Waals surface area contributed by atoms with E-state index >= 15 is 0 Å². The molecule has 0 amide bonds. The third-order valence-electron chi connectivity index (χ3n) is 7.04. The van der Waals surface area contributed by atoms with E-state index in [1.807, 2.05) is 6.92 Å². The third kappa shape index (κ3) is 2.51. The van der Waals surface area contributed by atoms with E-state index in [2.05, 4.69) is 65.1 Å². The fourth-order valence-electron chi connectivity index (χ4n) is 5.07. The van der Waals surface area contributed by atoms with Gasteiger partial charge in [-0.05, 0) is 38.1 Å². The standard InChI is InChI=1S/C23H28N5/c1-14-9-20-19(10-16(14)12-24)22-18-11-17(18)15(2)27(4)23(22)21(13-25-20)28-7-5-26(3)6-8-28/h9-10,13,17-18,25H,5-8,11H2,1-4H3/q+1. The first-order valence-electron chi connectivity index (χ1n) is 10.3. The molecule has 1 saturated heterocycles. The minimum absolute atomic E-state index is 0.579. The molecule has 2 atom stereocenters. The van der Waals surface area contributed by atoms with Crippen LogP contribution in [0, 0.1) is 30.1 Å². The number of nitriles is 1. The van der Waals surface area contributed by atoms with Crippen molar-refractivity contribution in [3.05, 3.63) is 46.4 Å². The van der Waals surface area contributed by atoms with Gasteiger partial charge in [0, 0.05) is 68.0 Å². The van der Waals surface area contributed by atoms with Crippen LogP contribution in [0.5, 0.6) is 0 Å². The van der Waals surface area contributed by atoms with E-state index in [0.717, 1.165) is 43.0 Å². The summed E-state index contributed by atoms with van der Waals surface area (Å²) in [7, 11) is 4.41. The molecular formula is C23H28N5+. The molecule has 2 fully saturated rings. The zero-order valence-electron chi connectivity index (χ0n) is 17.2.